The number of nitrogens with one attached hydrogen (secondary N) is 1. The van der Waals surface area contributed by atoms with Crippen LogP contribution in [0.15, 0.2) is 0 Å². The van der Waals surface area contributed by atoms with Crippen molar-refractivity contribution in [3.05, 3.63) is 0 Å². The molecule has 94 valence electrons. The van der Waals surface area contributed by atoms with E-state index in [0.717, 1.165) is 23.7 Å². The summed E-state index contributed by atoms with van der Waals surface area (Å²) in [6.45, 7) is 4.43. The summed E-state index contributed by atoms with van der Waals surface area (Å²) in [7, 11) is -1.88. The maximum absolute atomic E-state index is 12.0. The summed E-state index contributed by atoms with van der Waals surface area (Å²) in [5, 5.41) is 3.14. The molecule has 1 N–H and O–H groups in total. The van der Waals surface area contributed by atoms with E-state index < -0.39 is 16.1 Å². The number of nitrogens with zero attached hydrogens (tertiary/aromatic N) is 2. The van der Waals surface area contributed by atoms with Crippen LogP contribution in [0.3, 0.4) is 0 Å². The van der Waals surface area contributed by atoms with Gasteiger partial charge in [0.05, 0.1) is 6.26 Å². The molecule has 0 radical (unpaired) electrons. The van der Waals surface area contributed by atoms with Gasteiger partial charge in [0.2, 0.25) is 15.9 Å². The first-order chi connectivity index (χ1) is 7.34. The number of sulfonamides is 1. The second kappa shape index (κ2) is 5.11. The van der Waals surface area contributed by atoms with Crippen LogP contribution in [0.25, 0.3) is 0 Å². The molecule has 1 heterocycles. The van der Waals surface area contributed by atoms with Crippen molar-refractivity contribution in [3.63, 3.8) is 0 Å². The molecule has 1 aliphatic heterocycles. The first kappa shape index (κ1) is 13.4. The van der Waals surface area contributed by atoms with Gasteiger partial charge in [-0.1, -0.05) is 0 Å². The van der Waals surface area contributed by atoms with Crippen LogP contribution in [0.5, 0.6) is 0 Å². The lowest BCUT2D eigenvalue weighted by Gasteiger charge is -2.32. The predicted octanol–water partition coefficient (Wildman–Crippen LogP) is -1.30. The Morgan fingerprint density at radius 3 is 2.31 bits per heavy atom. The standard InChI is InChI=1S/C9H19N3O3S/c1-8(11(2)16(3,14)15)9(13)12-6-4-10-5-7-12/h8,10H,4-7H2,1-3H3. The highest BCUT2D eigenvalue weighted by Gasteiger charge is 2.29. The summed E-state index contributed by atoms with van der Waals surface area (Å²) in [6.07, 6.45) is 1.11. The lowest BCUT2D eigenvalue weighted by molar-refractivity contribution is -0.135. The van der Waals surface area contributed by atoms with Gasteiger partial charge in [0.15, 0.2) is 0 Å². The molecular weight excluding hydrogens is 230 g/mol. The van der Waals surface area contributed by atoms with Crippen molar-refractivity contribution >= 4 is 15.9 Å². The summed E-state index contributed by atoms with van der Waals surface area (Å²) >= 11 is 0. The topological polar surface area (TPSA) is 69.7 Å². The first-order valence-electron chi connectivity index (χ1n) is 5.26. The minimum Gasteiger partial charge on any atom is -0.339 e. The number of carbonyl (C=O) groups is 1. The zero-order chi connectivity index (χ0) is 12.3. The molecule has 1 rings (SSSR count). The molecular formula is C9H19N3O3S. The number of hydrogen-bond donors (Lipinski definition) is 1. The molecule has 1 aliphatic rings. The minimum absolute atomic E-state index is 0.130. The van der Waals surface area contributed by atoms with Crippen molar-refractivity contribution in [3.8, 4) is 0 Å². The smallest absolute Gasteiger partial charge is 0.240 e. The van der Waals surface area contributed by atoms with Crippen LogP contribution in [0.1, 0.15) is 6.92 Å². The number of amides is 1. The SMILES string of the molecule is CC(C(=O)N1CCNCC1)N(C)S(C)(=O)=O. The van der Waals surface area contributed by atoms with Crippen molar-refractivity contribution in [2.75, 3.05) is 39.5 Å². The largest absolute Gasteiger partial charge is 0.339 e. The second-order valence-electron chi connectivity index (χ2n) is 4.03. The van der Waals surface area contributed by atoms with Crippen LogP contribution in [0.2, 0.25) is 0 Å². The number of rotatable bonds is 3. The van der Waals surface area contributed by atoms with Crippen molar-refractivity contribution in [1.82, 2.24) is 14.5 Å². The number of carbonyl (C=O) groups excluding carboxylic acids is 1. The molecule has 0 aromatic rings. The quantitative estimate of drug-likeness (QED) is 0.675. The van der Waals surface area contributed by atoms with E-state index >= 15 is 0 Å². The van der Waals surface area contributed by atoms with Gasteiger partial charge in [-0.2, -0.15) is 4.31 Å². The zero-order valence-corrected chi connectivity index (χ0v) is 10.7. The summed E-state index contributed by atoms with van der Waals surface area (Å²) < 4.78 is 23.7. The van der Waals surface area contributed by atoms with Crippen molar-refractivity contribution in [2.24, 2.45) is 0 Å². The third-order valence-electron chi connectivity index (χ3n) is 2.85. The fourth-order valence-electron chi connectivity index (χ4n) is 1.59. The van der Waals surface area contributed by atoms with Crippen LogP contribution < -0.4 is 5.32 Å². The Bertz CT molecular complexity index is 349. The van der Waals surface area contributed by atoms with Gasteiger partial charge in [0.1, 0.15) is 6.04 Å². The van der Waals surface area contributed by atoms with Gasteiger partial charge in [-0.25, -0.2) is 8.42 Å². The molecule has 1 saturated heterocycles. The molecule has 0 saturated carbocycles. The molecule has 0 aliphatic carbocycles. The van der Waals surface area contributed by atoms with Gasteiger partial charge in [0.25, 0.3) is 0 Å². The van der Waals surface area contributed by atoms with E-state index in [4.69, 9.17) is 0 Å². The van der Waals surface area contributed by atoms with E-state index in [9.17, 15) is 13.2 Å². The Morgan fingerprint density at radius 2 is 1.88 bits per heavy atom. The van der Waals surface area contributed by atoms with Crippen LogP contribution in [0, 0.1) is 0 Å². The number of hydrogen-bond acceptors (Lipinski definition) is 4. The normalized spacial score (nSPS) is 19.9. The van der Waals surface area contributed by atoms with E-state index in [2.05, 4.69) is 5.32 Å². The Kier molecular flexibility index (Phi) is 4.28. The first-order valence-corrected chi connectivity index (χ1v) is 7.11. The zero-order valence-electron chi connectivity index (χ0n) is 9.93. The Labute approximate surface area is 96.6 Å². The van der Waals surface area contributed by atoms with E-state index in [1.165, 1.54) is 7.05 Å². The molecule has 1 atom stereocenters. The summed E-state index contributed by atoms with van der Waals surface area (Å²) in [4.78, 5) is 13.7. The second-order valence-corrected chi connectivity index (χ2v) is 6.07. The van der Waals surface area contributed by atoms with Crippen molar-refractivity contribution in [1.29, 1.82) is 0 Å². The molecule has 16 heavy (non-hydrogen) atoms. The monoisotopic (exact) mass is 249 g/mol. The van der Waals surface area contributed by atoms with Crippen molar-refractivity contribution < 1.29 is 13.2 Å². The van der Waals surface area contributed by atoms with Gasteiger partial charge in [-0.15, -0.1) is 0 Å². The third kappa shape index (κ3) is 3.16. The molecule has 1 fully saturated rings. The molecule has 0 bridgehead atoms. The van der Waals surface area contributed by atoms with Crippen LogP contribution in [-0.4, -0.2) is 69.1 Å². The highest BCUT2D eigenvalue weighted by atomic mass is 32.2. The number of likely N-dealkylation sites (N-methyl/N-ethyl adjacent to an activating group) is 1. The molecule has 7 heteroatoms. The molecule has 1 amide bonds. The highest BCUT2D eigenvalue weighted by molar-refractivity contribution is 7.88. The summed E-state index contributed by atoms with van der Waals surface area (Å²) in [5.41, 5.74) is 0. The average molecular weight is 249 g/mol. The van der Waals surface area contributed by atoms with E-state index in [0.29, 0.717) is 13.1 Å². The van der Waals surface area contributed by atoms with Crippen LogP contribution in [0.4, 0.5) is 0 Å². The Hall–Kier alpha value is -0.660. The fourth-order valence-corrected chi connectivity index (χ4v) is 2.26. The lowest BCUT2D eigenvalue weighted by Crippen LogP contribution is -2.53. The number of piperazine rings is 1. The van der Waals surface area contributed by atoms with Gasteiger partial charge in [0, 0.05) is 33.2 Å². The molecule has 1 unspecified atom stereocenters. The third-order valence-corrected chi connectivity index (χ3v) is 4.22. The Morgan fingerprint density at radius 1 is 1.38 bits per heavy atom. The molecule has 0 aromatic heterocycles. The molecule has 0 aromatic carbocycles. The summed E-state index contributed by atoms with van der Waals surface area (Å²) in [5.74, 6) is -0.130. The van der Waals surface area contributed by atoms with Gasteiger partial charge < -0.3 is 10.2 Å². The molecule has 0 spiro atoms. The fraction of sp³-hybridized carbons (Fsp3) is 0.889. The van der Waals surface area contributed by atoms with E-state index in [1.807, 2.05) is 0 Å². The summed E-state index contributed by atoms with van der Waals surface area (Å²) in [6, 6.07) is -0.631. The van der Waals surface area contributed by atoms with Gasteiger partial charge in [-0.3, -0.25) is 4.79 Å². The van der Waals surface area contributed by atoms with E-state index in [-0.39, 0.29) is 5.91 Å². The lowest BCUT2D eigenvalue weighted by atomic mass is 10.2. The van der Waals surface area contributed by atoms with Crippen molar-refractivity contribution in [2.45, 2.75) is 13.0 Å². The maximum atomic E-state index is 12.0. The average Bonchev–Trinajstić information content (AvgIpc) is 2.26. The van der Waals surface area contributed by atoms with Gasteiger partial charge >= 0.3 is 0 Å². The van der Waals surface area contributed by atoms with Crippen LogP contribution >= 0.6 is 0 Å². The van der Waals surface area contributed by atoms with Crippen LogP contribution in [-0.2, 0) is 14.8 Å². The molecule has 6 nitrogen and oxygen atoms in total. The minimum atomic E-state index is -3.32. The highest BCUT2D eigenvalue weighted by Crippen LogP contribution is 2.06. The predicted molar refractivity (Wildman–Crippen MR) is 61.5 cm³/mol. The Balaban J connectivity index is 2.66. The van der Waals surface area contributed by atoms with Gasteiger partial charge in [-0.05, 0) is 6.92 Å². The maximum Gasteiger partial charge on any atom is 0.240 e. The van der Waals surface area contributed by atoms with E-state index in [1.54, 1.807) is 11.8 Å².